The van der Waals surface area contributed by atoms with E-state index in [0.717, 1.165) is 35.3 Å². The minimum Gasteiger partial charge on any atom is -0.258 e. The Bertz CT molecular complexity index is 891. The number of aryl methyl sites for hydroxylation is 2. The number of hydrogen-bond acceptors (Lipinski definition) is 2. The van der Waals surface area contributed by atoms with Gasteiger partial charge in [-0.15, -0.1) is 4.68 Å². The Morgan fingerprint density at radius 2 is 1.87 bits per heavy atom. The molecule has 3 aromatic rings. The molecule has 0 saturated carbocycles. The van der Waals surface area contributed by atoms with Gasteiger partial charge in [0.25, 0.3) is 11.6 Å². The molecule has 1 aliphatic rings. The van der Waals surface area contributed by atoms with Crippen molar-refractivity contribution in [1.82, 2.24) is 14.8 Å². The second kappa shape index (κ2) is 5.01. The quantitative estimate of drug-likeness (QED) is 0.532. The highest BCUT2D eigenvalue weighted by molar-refractivity contribution is 5.65. The van der Waals surface area contributed by atoms with E-state index in [1.807, 2.05) is 6.07 Å². The predicted octanol–water partition coefficient (Wildman–Crippen LogP) is 3.32. The van der Waals surface area contributed by atoms with Crippen molar-refractivity contribution in [2.24, 2.45) is 0 Å². The number of para-hydroxylation sites is 1. The van der Waals surface area contributed by atoms with E-state index in [1.165, 1.54) is 11.1 Å². The Morgan fingerprint density at radius 1 is 1.13 bits per heavy atom. The van der Waals surface area contributed by atoms with Gasteiger partial charge in [0.05, 0.1) is 11.3 Å². The predicted molar refractivity (Wildman–Crippen MR) is 89.7 cm³/mol. The molecule has 4 nitrogen and oxygen atoms in total. The van der Waals surface area contributed by atoms with E-state index in [0.29, 0.717) is 5.92 Å². The molecule has 0 atom stereocenters. The van der Waals surface area contributed by atoms with Crippen molar-refractivity contribution in [1.29, 1.82) is 0 Å². The van der Waals surface area contributed by atoms with Gasteiger partial charge < -0.3 is 0 Å². The third-order valence-electron chi connectivity index (χ3n) is 4.39. The van der Waals surface area contributed by atoms with Crippen LogP contribution in [0.4, 0.5) is 0 Å². The fourth-order valence-corrected chi connectivity index (χ4v) is 3.50. The maximum Gasteiger partial charge on any atom is 0.285 e. The highest BCUT2D eigenvalue weighted by Gasteiger charge is 2.37. The molecule has 1 aliphatic heterocycles. The van der Waals surface area contributed by atoms with Crippen LogP contribution in [0.25, 0.3) is 17.1 Å². The van der Waals surface area contributed by atoms with E-state index >= 15 is 0 Å². The maximum absolute atomic E-state index is 4.90. The summed E-state index contributed by atoms with van der Waals surface area (Å²) in [5, 5.41) is 4.90. The fraction of sp³-hybridized carbons (Fsp3) is 0.316. The molecule has 0 fully saturated rings. The molecule has 4 rings (SSSR count). The number of benzene rings is 1. The van der Waals surface area contributed by atoms with E-state index in [1.54, 1.807) is 0 Å². The van der Waals surface area contributed by atoms with Gasteiger partial charge in [-0.3, -0.25) is 4.98 Å². The van der Waals surface area contributed by atoms with E-state index < -0.39 is 0 Å². The Hall–Kier alpha value is -2.49. The highest BCUT2D eigenvalue weighted by Crippen LogP contribution is 2.33. The molecule has 0 spiro atoms. The molecule has 1 aromatic carbocycles. The Kier molecular flexibility index (Phi) is 3.08. The van der Waals surface area contributed by atoms with Crippen LogP contribution in [0.2, 0.25) is 0 Å². The van der Waals surface area contributed by atoms with Crippen LogP contribution in [0.15, 0.2) is 36.4 Å². The first kappa shape index (κ1) is 14.1. The normalized spacial score (nSPS) is 12.6. The second-order valence-corrected chi connectivity index (χ2v) is 6.55. The number of rotatable bonds is 2. The van der Waals surface area contributed by atoms with Crippen LogP contribution < -0.4 is 4.57 Å². The maximum atomic E-state index is 4.90. The van der Waals surface area contributed by atoms with Crippen LogP contribution in [0.1, 0.15) is 42.5 Å². The first-order valence-electron chi connectivity index (χ1n) is 8.12. The lowest BCUT2D eigenvalue weighted by Crippen LogP contribution is -2.36. The van der Waals surface area contributed by atoms with Crippen molar-refractivity contribution in [3.63, 3.8) is 0 Å². The molecule has 0 N–H and O–H groups in total. The molecule has 2 aromatic heterocycles. The topological polar surface area (TPSA) is 34.6 Å². The van der Waals surface area contributed by atoms with Crippen molar-refractivity contribution in [3.8, 4) is 17.1 Å². The van der Waals surface area contributed by atoms with Gasteiger partial charge in [0.1, 0.15) is 12.2 Å². The second-order valence-electron chi connectivity index (χ2n) is 6.55. The first-order chi connectivity index (χ1) is 11.1. The fourth-order valence-electron chi connectivity index (χ4n) is 3.50. The van der Waals surface area contributed by atoms with Gasteiger partial charge in [0.2, 0.25) is 0 Å². The van der Waals surface area contributed by atoms with Crippen LogP contribution in [0.5, 0.6) is 0 Å². The first-order valence-corrected chi connectivity index (χ1v) is 8.12. The largest absolute Gasteiger partial charge is 0.285 e. The summed E-state index contributed by atoms with van der Waals surface area (Å²) in [7, 11) is 0. The van der Waals surface area contributed by atoms with Crippen molar-refractivity contribution < 1.29 is 4.57 Å². The minimum atomic E-state index is 0.357. The molecule has 23 heavy (non-hydrogen) atoms. The summed E-state index contributed by atoms with van der Waals surface area (Å²) in [6, 6.07) is 12.7. The minimum absolute atomic E-state index is 0.357. The molecular weight excluding hydrogens is 284 g/mol. The molecule has 0 aliphatic carbocycles. The zero-order valence-electron chi connectivity index (χ0n) is 14.0. The summed E-state index contributed by atoms with van der Waals surface area (Å²) in [6.45, 7) is 9.36. The number of hydrogen-bond donors (Lipinski definition) is 0. The monoisotopic (exact) mass is 305 g/mol. The highest BCUT2D eigenvalue weighted by atomic mass is 15.4. The number of nitrogens with zero attached hydrogens (tertiary/aromatic N) is 4. The van der Waals surface area contributed by atoms with Crippen molar-refractivity contribution >= 4 is 0 Å². The summed E-state index contributed by atoms with van der Waals surface area (Å²) in [5.41, 5.74) is 5.86. The van der Waals surface area contributed by atoms with E-state index in [9.17, 15) is 0 Å². The standard InChI is InChI=1S/C19H21N4/c1-12(2)18-21-22-11-15-10-13(3)20-14(4)17(15)19(22)23(18)16-8-6-5-7-9-16/h5-10,12H,11H2,1-4H3/q+1. The van der Waals surface area contributed by atoms with Crippen LogP contribution in [-0.2, 0) is 6.54 Å². The lowest BCUT2D eigenvalue weighted by molar-refractivity contribution is -0.594. The smallest absolute Gasteiger partial charge is 0.258 e. The van der Waals surface area contributed by atoms with Crippen LogP contribution in [0.3, 0.4) is 0 Å². The average molecular weight is 305 g/mol. The van der Waals surface area contributed by atoms with Gasteiger partial charge in [0.15, 0.2) is 0 Å². The van der Waals surface area contributed by atoms with Gasteiger partial charge in [0, 0.05) is 22.3 Å². The van der Waals surface area contributed by atoms with Crippen LogP contribution in [-0.4, -0.2) is 14.8 Å². The molecule has 0 saturated heterocycles. The zero-order valence-corrected chi connectivity index (χ0v) is 14.0. The van der Waals surface area contributed by atoms with Crippen LogP contribution in [0, 0.1) is 13.8 Å². The van der Waals surface area contributed by atoms with E-state index in [-0.39, 0.29) is 0 Å². The van der Waals surface area contributed by atoms with Crippen molar-refractivity contribution in [2.75, 3.05) is 0 Å². The molecular formula is C19H21N4+. The summed E-state index contributed by atoms with van der Waals surface area (Å²) < 4.78 is 4.42. The van der Waals surface area contributed by atoms with Gasteiger partial charge >= 0.3 is 0 Å². The third-order valence-corrected chi connectivity index (χ3v) is 4.39. The SMILES string of the molecule is Cc1cc2c(c(C)n1)-c1n(nc(C(C)C)[n+]1-c1ccccc1)C2. The Morgan fingerprint density at radius 3 is 2.57 bits per heavy atom. The summed E-state index contributed by atoms with van der Waals surface area (Å²) in [5.74, 6) is 2.60. The van der Waals surface area contributed by atoms with Gasteiger partial charge in [-0.05, 0) is 32.0 Å². The molecule has 0 unspecified atom stereocenters. The summed E-state index contributed by atoms with van der Waals surface area (Å²) in [6.07, 6.45) is 0. The summed E-state index contributed by atoms with van der Waals surface area (Å²) >= 11 is 0. The lowest BCUT2D eigenvalue weighted by atomic mass is 10.1. The molecule has 116 valence electrons. The number of fused-ring (bicyclic) bond motifs is 3. The molecule has 0 amide bonds. The lowest BCUT2D eigenvalue weighted by Gasteiger charge is -2.08. The Labute approximate surface area is 136 Å². The number of aromatic nitrogens is 4. The number of pyridine rings is 1. The van der Waals surface area contributed by atoms with Gasteiger partial charge in [-0.2, -0.15) is 4.57 Å². The van der Waals surface area contributed by atoms with Crippen LogP contribution >= 0.6 is 0 Å². The third kappa shape index (κ3) is 2.09. The summed E-state index contributed by atoms with van der Waals surface area (Å²) in [4.78, 5) is 4.68. The molecule has 4 heteroatoms. The van der Waals surface area contributed by atoms with E-state index in [2.05, 4.69) is 72.3 Å². The van der Waals surface area contributed by atoms with E-state index in [4.69, 9.17) is 5.10 Å². The molecule has 0 bridgehead atoms. The zero-order chi connectivity index (χ0) is 16.1. The molecule has 3 heterocycles. The molecule has 0 radical (unpaired) electrons. The Balaban J connectivity index is 2.04. The van der Waals surface area contributed by atoms with Crippen molar-refractivity contribution in [2.45, 2.75) is 40.2 Å². The van der Waals surface area contributed by atoms with Crippen molar-refractivity contribution in [3.05, 3.63) is 59.2 Å². The van der Waals surface area contributed by atoms with Gasteiger partial charge in [-0.1, -0.05) is 32.0 Å². The van der Waals surface area contributed by atoms with Gasteiger partial charge in [-0.25, -0.2) is 0 Å². The average Bonchev–Trinajstić information content (AvgIpc) is 3.03.